The Hall–Kier alpha value is -1.85. The van der Waals surface area contributed by atoms with Crippen LogP contribution < -0.4 is 0 Å². The number of rotatable bonds is 3. The van der Waals surface area contributed by atoms with E-state index in [4.69, 9.17) is 0 Å². The quantitative estimate of drug-likeness (QED) is 0.885. The number of carbonyl (C=O) groups excluding carboxylic acids is 2. The van der Waals surface area contributed by atoms with E-state index in [1.54, 1.807) is 11.1 Å². The minimum atomic E-state index is 0.0736. The third kappa shape index (κ3) is 2.69. The minimum Gasteiger partial charge on any atom is -0.340 e. The third-order valence-corrected chi connectivity index (χ3v) is 4.23. The predicted octanol–water partition coefficient (Wildman–Crippen LogP) is 0.738. The molecule has 6 nitrogen and oxygen atoms in total. The topological polar surface area (TPSA) is 69.3 Å². The number of amides is 2. The third-order valence-electron chi connectivity index (χ3n) is 4.23. The first-order valence-electron chi connectivity index (χ1n) is 7.29. The first-order valence-corrected chi connectivity index (χ1v) is 7.29. The normalized spacial score (nSPS) is 23.4. The number of likely N-dealkylation sites (tertiary alicyclic amines) is 2. The van der Waals surface area contributed by atoms with Crippen molar-refractivity contribution < 1.29 is 9.59 Å². The molecule has 3 rings (SSSR count). The Morgan fingerprint density at radius 1 is 1.40 bits per heavy atom. The van der Waals surface area contributed by atoms with Crippen LogP contribution in [0.2, 0.25) is 0 Å². The van der Waals surface area contributed by atoms with Crippen molar-refractivity contribution in [1.82, 2.24) is 20.0 Å². The van der Waals surface area contributed by atoms with Crippen molar-refractivity contribution in [3.8, 4) is 0 Å². The van der Waals surface area contributed by atoms with E-state index in [1.807, 2.05) is 11.0 Å². The Bertz CT molecular complexity index is 485. The molecule has 6 heteroatoms. The lowest BCUT2D eigenvalue weighted by atomic mass is 9.95. The van der Waals surface area contributed by atoms with Crippen LogP contribution in [0.1, 0.15) is 37.3 Å². The van der Waals surface area contributed by atoms with Gasteiger partial charge in [0.05, 0.1) is 6.54 Å². The van der Waals surface area contributed by atoms with Crippen LogP contribution in [0.15, 0.2) is 12.3 Å². The first-order chi connectivity index (χ1) is 9.74. The van der Waals surface area contributed by atoms with E-state index in [0.29, 0.717) is 12.3 Å². The number of hydrogen-bond donors (Lipinski definition) is 1. The van der Waals surface area contributed by atoms with E-state index in [9.17, 15) is 9.59 Å². The summed E-state index contributed by atoms with van der Waals surface area (Å²) in [5.74, 6) is 0.523. The first kappa shape index (κ1) is 13.1. The molecule has 2 fully saturated rings. The Kier molecular flexibility index (Phi) is 3.71. The summed E-state index contributed by atoms with van der Waals surface area (Å²) in [6, 6.07) is 1.97. The summed E-state index contributed by atoms with van der Waals surface area (Å²) in [5.41, 5.74) is 1.10. The number of nitrogens with one attached hydrogen (secondary N) is 1. The summed E-state index contributed by atoms with van der Waals surface area (Å²) < 4.78 is 0. The SMILES string of the molecule is O=C1CCCN1CC(=O)N1CCC[C@H](c2ccn[nH]2)C1. The molecule has 2 saturated heterocycles. The monoisotopic (exact) mass is 276 g/mol. The molecule has 1 N–H and O–H groups in total. The second-order valence-corrected chi connectivity index (χ2v) is 5.61. The highest BCUT2D eigenvalue weighted by Gasteiger charge is 2.28. The van der Waals surface area contributed by atoms with Gasteiger partial charge < -0.3 is 9.80 Å². The van der Waals surface area contributed by atoms with Crippen molar-refractivity contribution in [3.05, 3.63) is 18.0 Å². The molecule has 2 aliphatic rings. The predicted molar refractivity (Wildman–Crippen MR) is 73.0 cm³/mol. The minimum absolute atomic E-state index is 0.0736. The molecule has 0 spiro atoms. The number of nitrogens with zero attached hydrogens (tertiary/aromatic N) is 3. The van der Waals surface area contributed by atoms with Crippen LogP contribution in [0.3, 0.4) is 0 Å². The average molecular weight is 276 g/mol. The van der Waals surface area contributed by atoms with Crippen molar-refractivity contribution in [2.45, 2.75) is 31.6 Å². The van der Waals surface area contributed by atoms with Crippen LogP contribution in [0, 0.1) is 0 Å². The second-order valence-electron chi connectivity index (χ2n) is 5.61. The van der Waals surface area contributed by atoms with Gasteiger partial charge in [0.15, 0.2) is 0 Å². The van der Waals surface area contributed by atoms with Gasteiger partial charge in [0, 0.05) is 43.9 Å². The zero-order chi connectivity index (χ0) is 13.9. The fraction of sp³-hybridized carbons (Fsp3) is 0.643. The maximum absolute atomic E-state index is 12.3. The molecule has 1 atom stereocenters. The number of hydrogen-bond acceptors (Lipinski definition) is 3. The highest BCUT2D eigenvalue weighted by Crippen LogP contribution is 2.25. The molecule has 1 aromatic rings. The van der Waals surface area contributed by atoms with Gasteiger partial charge in [-0.3, -0.25) is 14.7 Å². The molecular weight excluding hydrogens is 256 g/mol. The van der Waals surface area contributed by atoms with Gasteiger partial charge in [-0.2, -0.15) is 5.10 Å². The fourth-order valence-electron chi connectivity index (χ4n) is 3.09. The summed E-state index contributed by atoms with van der Waals surface area (Å²) >= 11 is 0. The lowest BCUT2D eigenvalue weighted by Crippen LogP contribution is -2.45. The maximum atomic E-state index is 12.3. The Balaban J connectivity index is 1.59. The molecule has 0 radical (unpaired) electrons. The van der Waals surface area contributed by atoms with Crippen molar-refractivity contribution in [2.24, 2.45) is 0 Å². The Labute approximate surface area is 118 Å². The molecule has 1 aromatic heterocycles. The number of H-pyrrole nitrogens is 1. The van der Waals surface area contributed by atoms with Crippen molar-refractivity contribution in [2.75, 3.05) is 26.2 Å². The zero-order valence-corrected chi connectivity index (χ0v) is 11.5. The van der Waals surface area contributed by atoms with E-state index in [-0.39, 0.29) is 18.4 Å². The molecule has 2 aliphatic heterocycles. The maximum Gasteiger partial charge on any atom is 0.242 e. The number of aromatic amines is 1. The van der Waals surface area contributed by atoms with Gasteiger partial charge in [-0.25, -0.2) is 0 Å². The van der Waals surface area contributed by atoms with Crippen LogP contribution in [-0.4, -0.2) is 58.0 Å². The summed E-state index contributed by atoms with van der Waals surface area (Å²) in [4.78, 5) is 27.5. The van der Waals surface area contributed by atoms with Crippen molar-refractivity contribution >= 4 is 11.8 Å². The van der Waals surface area contributed by atoms with Crippen LogP contribution >= 0.6 is 0 Å². The van der Waals surface area contributed by atoms with Crippen molar-refractivity contribution in [3.63, 3.8) is 0 Å². The van der Waals surface area contributed by atoms with Gasteiger partial charge in [0.2, 0.25) is 11.8 Å². The highest BCUT2D eigenvalue weighted by molar-refractivity contribution is 5.86. The summed E-state index contributed by atoms with van der Waals surface area (Å²) in [6.45, 7) is 2.49. The van der Waals surface area contributed by atoms with Gasteiger partial charge in [0.1, 0.15) is 0 Å². The molecule has 20 heavy (non-hydrogen) atoms. The zero-order valence-electron chi connectivity index (χ0n) is 11.5. The number of carbonyl (C=O) groups is 2. The van der Waals surface area contributed by atoms with Gasteiger partial charge in [-0.05, 0) is 25.3 Å². The van der Waals surface area contributed by atoms with Crippen LogP contribution in [0.25, 0.3) is 0 Å². The number of aromatic nitrogens is 2. The molecule has 0 saturated carbocycles. The summed E-state index contributed by atoms with van der Waals surface area (Å²) in [5, 5.41) is 6.97. The molecule has 2 amide bonds. The van der Waals surface area contributed by atoms with Crippen LogP contribution in [0.5, 0.6) is 0 Å². The smallest absolute Gasteiger partial charge is 0.242 e. The van der Waals surface area contributed by atoms with Crippen LogP contribution in [-0.2, 0) is 9.59 Å². The van der Waals surface area contributed by atoms with E-state index in [0.717, 1.165) is 44.6 Å². The lowest BCUT2D eigenvalue weighted by molar-refractivity contribution is -0.139. The van der Waals surface area contributed by atoms with Gasteiger partial charge >= 0.3 is 0 Å². The van der Waals surface area contributed by atoms with Gasteiger partial charge in [0.25, 0.3) is 0 Å². The highest BCUT2D eigenvalue weighted by atomic mass is 16.2. The molecule has 3 heterocycles. The Morgan fingerprint density at radius 3 is 3.00 bits per heavy atom. The van der Waals surface area contributed by atoms with Gasteiger partial charge in [-0.1, -0.05) is 0 Å². The Morgan fingerprint density at radius 2 is 2.30 bits per heavy atom. The molecule has 0 aliphatic carbocycles. The van der Waals surface area contributed by atoms with Crippen LogP contribution in [0.4, 0.5) is 0 Å². The van der Waals surface area contributed by atoms with E-state index in [1.165, 1.54) is 0 Å². The van der Waals surface area contributed by atoms with Gasteiger partial charge in [-0.15, -0.1) is 0 Å². The van der Waals surface area contributed by atoms with E-state index < -0.39 is 0 Å². The molecule has 108 valence electrons. The second kappa shape index (κ2) is 5.64. The molecular formula is C14H20N4O2. The summed E-state index contributed by atoms with van der Waals surface area (Å²) in [6.07, 6.45) is 5.30. The largest absolute Gasteiger partial charge is 0.340 e. The van der Waals surface area contributed by atoms with Crippen molar-refractivity contribution in [1.29, 1.82) is 0 Å². The fourth-order valence-corrected chi connectivity index (χ4v) is 3.09. The lowest BCUT2D eigenvalue weighted by Gasteiger charge is -2.33. The van der Waals surface area contributed by atoms with E-state index >= 15 is 0 Å². The van der Waals surface area contributed by atoms with E-state index in [2.05, 4.69) is 10.2 Å². The standard InChI is InChI=1S/C14H20N4O2/c19-13-4-2-8-18(13)10-14(20)17-7-1-3-11(9-17)12-5-6-15-16-12/h5-6,11H,1-4,7-10H2,(H,15,16)/t11-/m0/s1. The summed E-state index contributed by atoms with van der Waals surface area (Å²) in [7, 11) is 0. The number of piperidine rings is 1. The molecule has 0 bridgehead atoms. The molecule has 0 aromatic carbocycles. The molecule has 0 unspecified atom stereocenters. The average Bonchev–Trinajstić information content (AvgIpc) is 3.12.